The molecule has 100 valence electrons. The first-order valence-corrected chi connectivity index (χ1v) is 7.56. The fourth-order valence-electron chi connectivity index (χ4n) is 1.52. The van der Waals surface area contributed by atoms with Crippen LogP contribution in [0.25, 0.3) is 0 Å². The summed E-state index contributed by atoms with van der Waals surface area (Å²) in [5, 5.41) is 6.51. The van der Waals surface area contributed by atoms with E-state index in [1.54, 1.807) is 6.33 Å². The number of para-hydroxylation sites is 1. The van der Waals surface area contributed by atoms with Gasteiger partial charge in [-0.05, 0) is 50.4 Å². The summed E-state index contributed by atoms with van der Waals surface area (Å²) in [7, 11) is 0. The van der Waals surface area contributed by atoms with Gasteiger partial charge in [0.2, 0.25) is 0 Å². The van der Waals surface area contributed by atoms with Crippen LogP contribution in [0.1, 0.15) is 13.3 Å². The zero-order chi connectivity index (χ0) is 13.7. The average Bonchev–Trinajstić information content (AvgIpc) is 2.41. The molecule has 0 aliphatic heterocycles. The Kier molecular flexibility index (Phi) is 5.15. The maximum absolute atomic E-state index is 4.22. The third kappa shape index (κ3) is 3.91. The van der Waals surface area contributed by atoms with Crippen molar-refractivity contribution in [2.24, 2.45) is 0 Å². The molecule has 0 spiro atoms. The Labute approximate surface area is 129 Å². The minimum atomic E-state index is 0.751. The smallest absolute Gasteiger partial charge is 0.135 e. The first kappa shape index (κ1) is 14.3. The lowest BCUT2D eigenvalue weighted by Gasteiger charge is -2.11. The molecular formula is C13H14Br2N4. The summed E-state index contributed by atoms with van der Waals surface area (Å²) >= 11 is 7.03. The van der Waals surface area contributed by atoms with Crippen LogP contribution in [0.4, 0.5) is 17.3 Å². The van der Waals surface area contributed by atoms with Gasteiger partial charge in [0.15, 0.2) is 0 Å². The number of benzene rings is 1. The monoisotopic (exact) mass is 384 g/mol. The number of anilines is 3. The van der Waals surface area contributed by atoms with Crippen LogP contribution in [0.5, 0.6) is 0 Å². The topological polar surface area (TPSA) is 49.8 Å². The Balaban J connectivity index is 2.19. The van der Waals surface area contributed by atoms with Gasteiger partial charge in [-0.25, -0.2) is 9.97 Å². The van der Waals surface area contributed by atoms with E-state index >= 15 is 0 Å². The van der Waals surface area contributed by atoms with E-state index < -0.39 is 0 Å². The van der Waals surface area contributed by atoms with Gasteiger partial charge in [-0.15, -0.1) is 0 Å². The Morgan fingerprint density at radius 3 is 2.47 bits per heavy atom. The van der Waals surface area contributed by atoms with Crippen molar-refractivity contribution < 1.29 is 0 Å². The quantitative estimate of drug-likeness (QED) is 0.791. The van der Waals surface area contributed by atoms with Gasteiger partial charge in [0.25, 0.3) is 0 Å². The fraction of sp³-hybridized carbons (Fsp3) is 0.231. The molecule has 0 amide bonds. The third-order valence-corrected chi connectivity index (χ3v) is 3.76. The molecule has 1 heterocycles. The molecule has 0 aliphatic carbocycles. The molecule has 6 heteroatoms. The van der Waals surface area contributed by atoms with Gasteiger partial charge in [0.05, 0.1) is 5.69 Å². The van der Waals surface area contributed by atoms with Crippen LogP contribution in [0, 0.1) is 0 Å². The van der Waals surface area contributed by atoms with Crippen molar-refractivity contribution in [2.45, 2.75) is 13.3 Å². The molecule has 2 aromatic rings. The molecule has 2 rings (SSSR count). The zero-order valence-corrected chi connectivity index (χ0v) is 13.6. The maximum atomic E-state index is 4.22. The van der Waals surface area contributed by atoms with Gasteiger partial charge in [-0.2, -0.15) is 0 Å². The molecule has 4 nitrogen and oxygen atoms in total. The number of nitrogens with one attached hydrogen (secondary N) is 2. The number of aromatic nitrogens is 2. The van der Waals surface area contributed by atoms with Crippen LogP contribution < -0.4 is 10.6 Å². The summed E-state index contributed by atoms with van der Waals surface area (Å²) in [4.78, 5) is 8.40. The van der Waals surface area contributed by atoms with Crippen LogP contribution in [0.15, 0.2) is 39.5 Å². The average molecular weight is 386 g/mol. The number of nitrogens with zero attached hydrogens (tertiary/aromatic N) is 2. The van der Waals surface area contributed by atoms with E-state index in [9.17, 15) is 0 Å². The molecular weight excluding hydrogens is 372 g/mol. The summed E-state index contributed by atoms with van der Waals surface area (Å²) < 4.78 is 1.95. The van der Waals surface area contributed by atoms with Crippen molar-refractivity contribution in [3.05, 3.63) is 39.5 Å². The van der Waals surface area contributed by atoms with Gasteiger partial charge < -0.3 is 10.6 Å². The second-order valence-corrected chi connectivity index (χ2v) is 5.65. The van der Waals surface area contributed by atoms with Crippen LogP contribution in [-0.2, 0) is 0 Å². The van der Waals surface area contributed by atoms with Crippen molar-refractivity contribution >= 4 is 49.2 Å². The molecule has 0 bridgehead atoms. The van der Waals surface area contributed by atoms with Gasteiger partial charge >= 0.3 is 0 Å². The number of halogens is 2. The molecule has 0 saturated carbocycles. The molecule has 0 aliphatic rings. The Hall–Kier alpha value is -1.14. The lowest BCUT2D eigenvalue weighted by Crippen LogP contribution is -2.03. The maximum Gasteiger partial charge on any atom is 0.135 e. The van der Waals surface area contributed by atoms with Crippen molar-refractivity contribution in [3.63, 3.8) is 0 Å². The number of hydrogen-bond donors (Lipinski definition) is 2. The predicted molar refractivity (Wildman–Crippen MR) is 85.9 cm³/mol. The van der Waals surface area contributed by atoms with E-state index in [1.165, 1.54) is 0 Å². The minimum Gasteiger partial charge on any atom is -0.370 e. The highest BCUT2D eigenvalue weighted by molar-refractivity contribution is 9.11. The lowest BCUT2D eigenvalue weighted by molar-refractivity contribution is 0.965. The van der Waals surface area contributed by atoms with Crippen LogP contribution in [0.2, 0.25) is 0 Å². The van der Waals surface area contributed by atoms with Crippen molar-refractivity contribution in [1.82, 2.24) is 9.97 Å². The molecule has 0 unspecified atom stereocenters. The predicted octanol–water partition coefficient (Wildman–Crippen LogP) is 4.57. The third-order valence-electron chi connectivity index (χ3n) is 2.44. The summed E-state index contributed by atoms with van der Waals surface area (Å²) in [6, 6.07) is 7.81. The Bertz CT molecular complexity index is 540. The first-order valence-electron chi connectivity index (χ1n) is 5.97. The van der Waals surface area contributed by atoms with Gasteiger partial charge in [0, 0.05) is 21.6 Å². The Morgan fingerprint density at radius 1 is 1.11 bits per heavy atom. The zero-order valence-electron chi connectivity index (χ0n) is 10.5. The highest BCUT2D eigenvalue weighted by Gasteiger charge is 2.06. The second-order valence-electron chi connectivity index (χ2n) is 3.94. The van der Waals surface area contributed by atoms with Crippen LogP contribution in [0.3, 0.4) is 0 Å². The van der Waals surface area contributed by atoms with E-state index in [4.69, 9.17) is 0 Å². The van der Waals surface area contributed by atoms with Crippen molar-refractivity contribution in [2.75, 3.05) is 17.2 Å². The summed E-state index contributed by atoms with van der Waals surface area (Å²) in [6.07, 6.45) is 2.60. The van der Waals surface area contributed by atoms with E-state index in [1.807, 2.05) is 24.3 Å². The molecule has 0 saturated heterocycles. The van der Waals surface area contributed by atoms with E-state index in [0.29, 0.717) is 0 Å². The van der Waals surface area contributed by atoms with Crippen molar-refractivity contribution in [3.8, 4) is 0 Å². The molecule has 19 heavy (non-hydrogen) atoms. The van der Waals surface area contributed by atoms with E-state index in [0.717, 1.165) is 39.2 Å². The number of hydrogen-bond acceptors (Lipinski definition) is 4. The lowest BCUT2D eigenvalue weighted by atomic mass is 10.3. The molecule has 1 aromatic carbocycles. The van der Waals surface area contributed by atoms with E-state index in [-0.39, 0.29) is 0 Å². The van der Waals surface area contributed by atoms with E-state index in [2.05, 4.69) is 59.4 Å². The summed E-state index contributed by atoms with van der Waals surface area (Å²) in [5.41, 5.74) is 0.947. The minimum absolute atomic E-state index is 0.751. The Morgan fingerprint density at radius 2 is 1.79 bits per heavy atom. The molecule has 2 N–H and O–H groups in total. The highest BCUT2D eigenvalue weighted by Crippen LogP contribution is 2.32. The molecule has 0 fully saturated rings. The number of rotatable bonds is 5. The van der Waals surface area contributed by atoms with Gasteiger partial charge in [-0.3, -0.25) is 0 Å². The largest absolute Gasteiger partial charge is 0.370 e. The van der Waals surface area contributed by atoms with Gasteiger partial charge in [-0.1, -0.05) is 13.0 Å². The van der Waals surface area contributed by atoms with Gasteiger partial charge in [0.1, 0.15) is 18.0 Å². The summed E-state index contributed by atoms with van der Waals surface area (Å²) in [5.74, 6) is 1.57. The standard InChI is InChI=1S/C13H14Br2N4/c1-2-6-16-11-7-12(18-8-17-11)19-13-9(14)4-3-5-10(13)15/h3-5,7-8H,2,6H2,1H3,(H2,16,17,18,19). The van der Waals surface area contributed by atoms with Crippen molar-refractivity contribution in [1.29, 1.82) is 0 Å². The fourth-order valence-corrected chi connectivity index (χ4v) is 2.72. The molecule has 1 aromatic heterocycles. The van der Waals surface area contributed by atoms with Crippen LogP contribution in [-0.4, -0.2) is 16.5 Å². The van der Waals surface area contributed by atoms with Crippen LogP contribution >= 0.6 is 31.9 Å². The highest BCUT2D eigenvalue weighted by atomic mass is 79.9. The molecule has 0 atom stereocenters. The molecule has 0 radical (unpaired) electrons. The second kappa shape index (κ2) is 6.86. The summed E-state index contributed by atoms with van der Waals surface area (Å²) in [6.45, 7) is 3.01. The first-order chi connectivity index (χ1) is 9.20. The SMILES string of the molecule is CCCNc1cc(Nc2c(Br)cccc2Br)ncn1. The normalized spacial score (nSPS) is 10.3.